The Balaban J connectivity index is 2.20. The fourth-order valence-electron chi connectivity index (χ4n) is 1.53. The summed E-state index contributed by atoms with van der Waals surface area (Å²) in [5.41, 5.74) is 1.53. The number of carbonyl (C=O) groups excluding carboxylic acids is 1. The molecule has 17 heavy (non-hydrogen) atoms. The van der Waals surface area contributed by atoms with Crippen molar-refractivity contribution in [1.82, 2.24) is 9.97 Å². The number of methoxy groups -OCH3 is 1. The first-order chi connectivity index (χ1) is 8.29. The fourth-order valence-corrected chi connectivity index (χ4v) is 1.53. The van der Waals surface area contributed by atoms with Crippen LogP contribution in [0.5, 0.6) is 0 Å². The first-order valence-corrected chi connectivity index (χ1v) is 5.23. The fraction of sp³-hybridized carbons (Fsp3) is 0.154. The minimum atomic E-state index is -0.333. The van der Waals surface area contributed by atoms with Crippen LogP contribution in [0.25, 0.3) is 0 Å². The maximum atomic E-state index is 11.4. The summed E-state index contributed by atoms with van der Waals surface area (Å²) in [6.45, 7) is 0. The molecule has 0 saturated carbocycles. The van der Waals surface area contributed by atoms with Gasteiger partial charge in [0, 0.05) is 18.8 Å². The smallest absolute Gasteiger partial charge is 0.337 e. The first kappa shape index (κ1) is 11.3. The van der Waals surface area contributed by atoms with Gasteiger partial charge in [-0.2, -0.15) is 0 Å². The van der Waals surface area contributed by atoms with Crippen LogP contribution in [-0.2, 0) is 11.2 Å². The topological polar surface area (TPSA) is 52.1 Å². The molecule has 0 N–H and O–H groups in total. The second-order valence-electron chi connectivity index (χ2n) is 3.53. The lowest BCUT2D eigenvalue weighted by atomic mass is 10.1. The van der Waals surface area contributed by atoms with Gasteiger partial charge in [-0.15, -0.1) is 0 Å². The highest BCUT2D eigenvalue weighted by Crippen LogP contribution is 2.09. The van der Waals surface area contributed by atoms with E-state index in [1.54, 1.807) is 30.6 Å². The van der Waals surface area contributed by atoms with Gasteiger partial charge in [0.25, 0.3) is 0 Å². The molecule has 4 heteroatoms. The third-order valence-corrected chi connectivity index (χ3v) is 2.33. The molecule has 0 aliphatic carbocycles. The highest BCUT2D eigenvalue weighted by atomic mass is 16.5. The molecule has 0 unspecified atom stereocenters. The monoisotopic (exact) mass is 228 g/mol. The van der Waals surface area contributed by atoms with Crippen LogP contribution in [0.1, 0.15) is 21.7 Å². The number of hydrogen-bond donors (Lipinski definition) is 0. The number of nitrogens with zero attached hydrogens (tertiary/aromatic N) is 2. The third-order valence-electron chi connectivity index (χ3n) is 2.33. The molecule has 0 saturated heterocycles. The molecule has 0 atom stereocenters. The van der Waals surface area contributed by atoms with Gasteiger partial charge in [0.05, 0.1) is 12.7 Å². The molecule has 0 radical (unpaired) electrons. The third kappa shape index (κ3) is 2.87. The van der Waals surface area contributed by atoms with E-state index in [1.165, 1.54) is 7.11 Å². The lowest BCUT2D eigenvalue weighted by Crippen LogP contribution is -2.02. The van der Waals surface area contributed by atoms with Crippen LogP contribution in [0.15, 0.2) is 42.7 Å². The molecule has 0 amide bonds. The zero-order chi connectivity index (χ0) is 12.1. The van der Waals surface area contributed by atoms with E-state index in [0.717, 1.165) is 11.4 Å². The van der Waals surface area contributed by atoms with Gasteiger partial charge in [0.1, 0.15) is 5.82 Å². The molecule has 1 aromatic carbocycles. The molecule has 0 aliphatic heterocycles. The average molecular weight is 228 g/mol. The number of benzene rings is 1. The second kappa shape index (κ2) is 5.21. The summed E-state index contributed by atoms with van der Waals surface area (Å²) >= 11 is 0. The Bertz CT molecular complexity index is 512. The van der Waals surface area contributed by atoms with Crippen LogP contribution in [0, 0.1) is 0 Å². The normalized spacial score (nSPS) is 9.94. The number of hydrogen-bond acceptors (Lipinski definition) is 4. The standard InChI is InChI=1S/C13H12N2O2/c1-17-13(16)11-5-2-4-10(8-11)9-12-14-6-3-7-15-12/h2-8H,9H2,1H3. The molecular weight excluding hydrogens is 216 g/mol. The van der Waals surface area contributed by atoms with Crippen molar-refractivity contribution in [2.45, 2.75) is 6.42 Å². The predicted molar refractivity (Wildman–Crippen MR) is 62.6 cm³/mol. The van der Waals surface area contributed by atoms with E-state index in [4.69, 9.17) is 0 Å². The molecule has 0 spiro atoms. The maximum Gasteiger partial charge on any atom is 0.337 e. The van der Waals surface area contributed by atoms with E-state index >= 15 is 0 Å². The Kier molecular flexibility index (Phi) is 3.45. The molecule has 2 rings (SSSR count). The minimum Gasteiger partial charge on any atom is -0.465 e. The van der Waals surface area contributed by atoms with Gasteiger partial charge < -0.3 is 4.74 Å². The zero-order valence-electron chi connectivity index (χ0n) is 9.46. The van der Waals surface area contributed by atoms with Crippen molar-refractivity contribution in [3.05, 3.63) is 59.7 Å². The number of esters is 1. The van der Waals surface area contributed by atoms with Crippen molar-refractivity contribution >= 4 is 5.97 Å². The van der Waals surface area contributed by atoms with Crippen molar-refractivity contribution in [2.24, 2.45) is 0 Å². The van der Waals surface area contributed by atoms with E-state index in [1.807, 2.05) is 12.1 Å². The maximum absolute atomic E-state index is 11.4. The van der Waals surface area contributed by atoms with Gasteiger partial charge in [0.2, 0.25) is 0 Å². The van der Waals surface area contributed by atoms with E-state index in [-0.39, 0.29) is 5.97 Å². The SMILES string of the molecule is COC(=O)c1cccc(Cc2ncccn2)c1. The van der Waals surface area contributed by atoms with Crippen LogP contribution in [0.3, 0.4) is 0 Å². The van der Waals surface area contributed by atoms with Crippen molar-refractivity contribution in [1.29, 1.82) is 0 Å². The predicted octanol–water partition coefficient (Wildman–Crippen LogP) is 1.85. The van der Waals surface area contributed by atoms with Crippen molar-refractivity contribution in [2.75, 3.05) is 7.11 Å². The van der Waals surface area contributed by atoms with Crippen LogP contribution in [0.2, 0.25) is 0 Å². The molecule has 2 aromatic rings. The van der Waals surface area contributed by atoms with Gasteiger partial charge in [-0.05, 0) is 23.8 Å². The molecule has 4 nitrogen and oxygen atoms in total. The highest BCUT2D eigenvalue weighted by molar-refractivity contribution is 5.89. The summed E-state index contributed by atoms with van der Waals surface area (Å²) in [5, 5.41) is 0. The van der Waals surface area contributed by atoms with Gasteiger partial charge in [0.15, 0.2) is 0 Å². The Morgan fingerprint density at radius 1 is 1.24 bits per heavy atom. The van der Waals surface area contributed by atoms with Gasteiger partial charge in [-0.1, -0.05) is 12.1 Å². The Morgan fingerprint density at radius 3 is 2.71 bits per heavy atom. The molecule has 1 aromatic heterocycles. The first-order valence-electron chi connectivity index (χ1n) is 5.23. The molecule has 86 valence electrons. The summed E-state index contributed by atoms with van der Waals surface area (Å²) in [6, 6.07) is 9.05. The van der Waals surface area contributed by atoms with Gasteiger partial charge >= 0.3 is 5.97 Å². The lowest BCUT2D eigenvalue weighted by molar-refractivity contribution is 0.0600. The van der Waals surface area contributed by atoms with Crippen molar-refractivity contribution in [3.63, 3.8) is 0 Å². The summed E-state index contributed by atoms with van der Waals surface area (Å²) in [6.07, 6.45) is 4.00. The van der Waals surface area contributed by atoms with E-state index in [9.17, 15) is 4.79 Å². The van der Waals surface area contributed by atoms with E-state index < -0.39 is 0 Å². The highest BCUT2D eigenvalue weighted by Gasteiger charge is 2.06. The van der Waals surface area contributed by atoms with Crippen LogP contribution in [0.4, 0.5) is 0 Å². The molecule has 1 heterocycles. The van der Waals surface area contributed by atoms with Crippen LogP contribution >= 0.6 is 0 Å². The number of aromatic nitrogens is 2. The Morgan fingerprint density at radius 2 is 2.00 bits per heavy atom. The van der Waals surface area contributed by atoms with Gasteiger partial charge in [-0.3, -0.25) is 0 Å². The average Bonchev–Trinajstić information content (AvgIpc) is 2.39. The zero-order valence-corrected chi connectivity index (χ0v) is 9.46. The summed E-state index contributed by atoms with van der Waals surface area (Å²) in [5.74, 6) is 0.398. The van der Waals surface area contributed by atoms with Crippen LogP contribution < -0.4 is 0 Å². The quantitative estimate of drug-likeness (QED) is 0.752. The summed E-state index contributed by atoms with van der Waals surface area (Å²) in [7, 11) is 1.37. The lowest BCUT2D eigenvalue weighted by Gasteiger charge is -2.03. The molecular formula is C13H12N2O2. The molecule has 0 aliphatic rings. The number of carbonyl (C=O) groups is 1. The van der Waals surface area contributed by atoms with Crippen molar-refractivity contribution in [3.8, 4) is 0 Å². The summed E-state index contributed by atoms with van der Waals surface area (Å²) in [4.78, 5) is 19.6. The van der Waals surface area contributed by atoms with Crippen LogP contribution in [-0.4, -0.2) is 23.0 Å². The largest absolute Gasteiger partial charge is 0.465 e. The Hall–Kier alpha value is -2.23. The van der Waals surface area contributed by atoms with E-state index in [0.29, 0.717) is 12.0 Å². The summed E-state index contributed by atoms with van der Waals surface area (Å²) < 4.78 is 4.67. The van der Waals surface area contributed by atoms with Crippen molar-refractivity contribution < 1.29 is 9.53 Å². The second-order valence-corrected chi connectivity index (χ2v) is 3.53. The van der Waals surface area contributed by atoms with E-state index in [2.05, 4.69) is 14.7 Å². The van der Waals surface area contributed by atoms with Gasteiger partial charge in [-0.25, -0.2) is 14.8 Å². The molecule has 0 bridgehead atoms. The molecule has 0 fully saturated rings. The minimum absolute atomic E-state index is 0.333. The number of ether oxygens (including phenoxy) is 1. The number of rotatable bonds is 3. The Labute approximate surface area is 99.3 Å².